The van der Waals surface area contributed by atoms with E-state index in [1.54, 1.807) is 12.1 Å². The summed E-state index contributed by atoms with van der Waals surface area (Å²) in [6.07, 6.45) is -0.206. The van der Waals surface area contributed by atoms with Crippen LogP contribution < -0.4 is 5.32 Å². The van der Waals surface area contributed by atoms with Gasteiger partial charge in [0.25, 0.3) is 0 Å². The highest BCUT2D eigenvalue weighted by Crippen LogP contribution is 2.10. The SMILES string of the molecule is CCOC(CNCc1cccc(O)c1)OCC. The van der Waals surface area contributed by atoms with Crippen LogP contribution in [0.1, 0.15) is 19.4 Å². The molecule has 1 aromatic rings. The van der Waals surface area contributed by atoms with Crippen LogP contribution in [0.3, 0.4) is 0 Å². The lowest BCUT2D eigenvalue weighted by Gasteiger charge is -2.17. The molecule has 1 rings (SSSR count). The Balaban J connectivity index is 2.30. The largest absolute Gasteiger partial charge is 0.508 e. The van der Waals surface area contributed by atoms with Gasteiger partial charge >= 0.3 is 0 Å². The molecule has 0 amide bonds. The third kappa shape index (κ3) is 5.68. The summed E-state index contributed by atoms with van der Waals surface area (Å²) in [5, 5.41) is 12.6. The summed E-state index contributed by atoms with van der Waals surface area (Å²) in [7, 11) is 0. The number of phenolic OH excluding ortho intramolecular Hbond substituents is 1. The summed E-state index contributed by atoms with van der Waals surface area (Å²) in [5.74, 6) is 0.287. The van der Waals surface area contributed by atoms with Gasteiger partial charge in [-0.2, -0.15) is 0 Å². The van der Waals surface area contributed by atoms with Gasteiger partial charge in [-0.05, 0) is 31.5 Å². The summed E-state index contributed by atoms with van der Waals surface area (Å²) in [6, 6.07) is 7.19. The van der Waals surface area contributed by atoms with Crippen LogP contribution in [0.15, 0.2) is 24.3 Å². The maximum Gasteiger partial charge on any atom is 0.169 e. The van der Waals surface area contributed by atoms with Crippen LogP contribution in [-0.2, 0) is 16.0 Å². The van der Waals surface area contributed by atoms with Crippen molar-refractivity contribution in [3.8, 4) is 5.75 Å². The molecule has 0 unspecified atom stereocenters. The molecule has 4 nitrogen and oxygen atoms in total. The van der Waals surface area contributed by atoms with Gasteiger partial charge in [-0.15, -0.1) is 0 Å². The van der Waals surface area contributed by atoms with E-state index < -0.39 is 0 Å². The fraction of sp³-hybridized carbons (Fsp3) is 0.538. The van der Waals surface area contributed by atoms with E-state index in [0.29, 0.717) is 26.3 Å². The number of ether oxygens (including phenoxy) is 2. The smallest absolute Gasteiger partial charge is 0.169 e. The van der Waals surface area contributed by atoms with Crippen molar-refractivity contribution in [2.24, 2.45) is 0 Å². The molecule has 17 heavy (non-hydrogen) atoms. The molecule has 0 radical (unpaired) electrons. The Labute approximate surface area is 103 Å². The molecule has 1 aromatic carbocycles. The topological polar surface area (TPSA) is 50.7 Å². The van der Waals surface area contributed by atoms with Gasteiger partial charge in [-0.1, -0.05) is 12.1 Å². The van der Waals surface area contributed by atoms with Crippen molar-refractivity contribution in [3.05, 3.63) is 29.8 Å². The number of nitrogens with one attached hydrogen (secondary N) is 1. The van der Waals surface area contributed by atoms with E-state index >= 15 is 0 Å². The summed E-state index contributed by atoms with van der Waals surface area (Å²) < 4.78 is 10.8. The molecule has 96 valence electrons. The Hall–Kier alpha value is -1.10. The van der Waals surface area contributed by atoms with E-state index in [9.17, 15) is 5.11 Å². The highest BCUT2D eigenvalue weighted by Gasteiger charge is 2.06. The summed E-state index contributed by atoms with van der Waals surface area (Å²) in [6.45, 7) is 6.49. The minimum absolute atomic E-state index is 0.206. The second-order valence-electron chi connectivity index (χ2n) is 3.64. The van der Waals surface area contributed by atoms with E-state index in [2.05, 4.69) is 5.32 Å². The van der Waals surface area contributed by atoms with Gasteiger partial charge in [-0.25, -0.2) is 0 Å². The van der Waals surface area contributed by atoms with Crippen molar-refractivity contribution in [1.29, 1.82) is 0 Å². The molecule has 0 spiro atoms. The lowest BCUT2D eigenvalue weighted by molar-refractivity contribution is -0.133. The van der Waals surface area contributed by atoms with E-state index in [1.165, 1.54) is 0 Å². The van der Waals surface area contributed by atoms with Gasteiger partial charge in [0.2, 0.25) is 0 Å². The highest BCUT2D eigenvalue weighted by atomic mass is 16.7. The van der Waals surface area contributed by atoms with Gasteiger partial charge < -0.3 is 19.9 Å². The van der Waals surface area contributed by atoms with Gasteiger partial charge in [0.05, 0.1) is 0 Å². The van der Waals surface area contributed by atoms with Gasteiger partial charge in [0, 0.05) is 26.3 Å². The molecule has 2 N–H and O–H groups in total. The van der Waals surface area contributed by atoms with E-state index in [4.69, 9.17) is 9.47 Å². The summed E-state index contributed by atoms with van der Waals surface area (Å²) >= 11 is 0. The van der Waals surface area contributed by atoms with Gasteiger partial charge in [-0.3, -0.25) is 0 Å². The zero-order chi connectivity index (χ0) is 12.5. The highest BCUT2D eigenvalue weighted by molar-refractivity contribution is 5.26. The average Bonchev–Trinajstić information content (AvgIpc) is 2.30. The Bertz CT molecular complexity index is 311. The van der Waals surface area contributed by atoms with Crippen LogP contribution in [0, 0.1) is 0 Å². The van der Waals surface area contributed by atoms with Gasteiger partial charge in [0.15, 0.2) is 6.29 Å². The molecule has 4 heteroatoms. The summed E-state index contributed by atoms with van der Waals surface area (Å²) in [5.41, 5.74) is 1.04. The van der Waals surface area contributed by atoms with Crippen LogP contribution >= 0.6 is 0 Å². The molecule has 0 aliphatic rings. The zero-order valence-electron chi connectivity index (χ0n) is 10.5. The molecule has 0 fully saturated rings. The Kier molecular flexibility index (Phi) is 6.62. The molecule has 0 saturated heterocycles. The number of aromatic hydroxyl groups is 1. The molecule has 0 bridgehead atoms. The minimum Gasteiger partial charge on any atom is -0.508 e. The number of benzene rings is 1. The van der Waals surface area contributed by atoms with Gasteiger partial charge in [0.1, 0.15) is 5.75 Å². The normalized spacial score (nSPS) is 11.0. The van der Waals surface area contributed by atoms with Crippen LogP contribution in [-0.4, -0.2) is 31.2 Å². The standard InChI is InChI=1S/C13H21NO3/c1-3-16-13(17-4-2)10-14-9-11-6-5-7-12(15)8-11/h5-8,13-15H,3-4,9-10H2,1-2H3. The summed E-state index contributed by atoms with van der Waals surface area (Å²) in [4.78, 5) is 0. The predicted molar refractivity (Wildman–Crippen MR) is 66.9 cm³/mol. The fourth-order valence-electron chi connectivity index (χ4n) is 1.54. The monoisotopic (exact) mass is 239 g/mol. The quantitative estimate of drug-likeness (QED) is 0.680. The molecule has 0 aromatic heterocycles. The third-order valence-corrected chi connectivity index (χ3v) is 2.26. The molecular formula is C13H21NO3. The van der Waals surface area contributed by atoms with E-state index in [1.807, 2.05) is 26.0 Å². The molecule has 0 aliphatic heterocycles. The maximum absolute atomic E-state index is 9.31. The third-order valence-electron chi connectivity index (χ3n) is 2.26. The van der Waals surface area contributed by atoms with Crippen LogP contribution in [0.2, 0.25) is 0 Å². The first-order valence-corrected chi connectivity index (χ1v) is 5.98. The van der Waals surface area contributed by atoms with E-state index in [-0.39, 0.29) is 12.0 Å². The van der Waals surface area contributed by atoms with Crippen molar-refractivity contribution < 1.29 is 14.6 Å². The Morgan fingerprint density at radius 3 is 2.53 bits per heavy atom. The molecule has 0 atom stereocenters. The Morgan fingerprint density at radius 1 is 1.24 bits per heavy atom. The van der Waals surface area contributed by atoms with Crippen LogP contribution in [0.25, 0.3) is 0 Å². The minimum atomic E-state index is -0.206. The van der Waals surface area contributed by atoms with Crippen molar-refractivity contribution in [2.75, 3.05) is 19.8 Å². The first kappa shape index (κ1) is 14.0. The van der Waals surface area contributed by atoms with Crippen LogP contribution in [0.5, 0.6) is 5.75 Å². The van der Waals surface area contributed by atoms with Crippen molar-refractivity contribution in [2.45, 2.75) is 26.7 Å². The second-order valence-corrected chi connectivity index (χ2v) is 3.64. The molecule has 0 heterocycles. The Morgan fingerprint density at radius 2 is 1.94 bits per heavy atom. The first-order valence-electron chi connectivity index (χ1n) is 5.98. The van der Waals surface area contributed by atoms with Crippen LogP contribution in [0.4, 0.5) is 0 Å². The fourth-order valence-corrected chi connectivity index (χ4v) is 1.54. The van der Waals surface area contributed by atoms with Crippen molar-refractivity contribution >= 4 is 0 Å². The first-order chi connectivity index (χ1) is 8.26. The molecule has 0 aliphatic carbocycles. The lowest BCUT2D eigenvalue weighted by atomic mass is 10.2. The molecule has 0 saturated carbocycles. The molecular weight excluding hydrogens is 218 g/mol. The maximum atomic E-state index is 9.31. The number of hydrogen-bond donors (Lipinski definition) is 2. The second kappa shape index (κ2) is 8.06. The van der Waals surface area contributed by atoms with Crippen molar-refractivity contribution in [1.82, 2.24) is 5.32 Å². The number of hydrogen-bond acceptors (Lipinski definition) is 4. The number of rotatable bonds is 8. The van der Waals surface area contributed by atoms with Crippen molar-refractivity contribution in [3.63, 3.8) is 0 Å². The predicted octanol–water partition coefficient (Wildman–Crippen LogP) is 1.88. The van der Waals surface area contributed by atoms with E-state index in [0.717, 1.165) is 5.56 Å². The lowest BCUT2D eigenvalue weighted by Crippen LogP contribution is -2.31. The average molecular weight is 239 g/mol. The zero-order valence-corrected chi connectivity index (χ0v) is 10.5. The number of phenols is 1.